The lowest BCUT2D eigenvalue weighted by molar-refractivity contribution is 0.0695. The first-order valence-corrected chi connectivity index (χ1v) is 6.17. The zero-order valence-corrected chi connectivity index (χ0v) is 9.97. The van der Waals surface area contributed by atoms with Crippen LogP contribution in [-0.2, 0) is 6.42 Å². The predicted octanol–water partition coefficient (Wildman–Crippen LogP) is 3.46. The minimum Gasteiger partial charge on any atom is -0.478 e. The topological polar surface area (TPSA) is 37.3 Å². The Labute approximate surface area is 106 Å². The van der Waals surface area contributed by atoms with Crippen molar-refractivity contribution in [3.05, 3.63) is 70.8 Å². The van der Waals surface area contributed by atoms with Crippen molar-refractivity contribution >= 4 is 5.97 Å². The molecule has 18 heavy (non-hydrogen) atoms. The van der Waals surface area contributed by atoms with E-state index in [-0.39, 0.29) is 5.92 Å². The Morgan fingerprint density at radius 1 is 1.00 bits per heavy atom. The summed E-state index contributed by atoms with van der Waals surface area (Å²) in [6.07, 6.45) is 2.04. The minimum absolute atomic E-state index is 0.230. The van der Waals surface area contributed by atoms with Gasteiger partial charge in [-0.3, -0.25) is 0 Å². The summed E-state index contributed by atoms with van der Waals surface area (Å²) in [7, 11) is 0. The molecular formula is C16H14O2. The van der Waals surface area contributed by atoms with Gasteiger partial charge in [-0.25, -0.2) is 4.79 Å². The summed E-state index contributed by atoms with van der Waals surface area (Å²) in [6, 6.07) is 15.7. The van der Waals surface area contributed by atoms with E-state index in [4.69, 9.17) is 0 Å². The molecule has 0 heterocycles. The fraction of sp³-hybridized carbons (Fsp3) is 0.188. The van der Waals surface area contributed by atoms with Crippen molar-refractivity contribution in [2.75, 3.05) is 0 Å². The molecule has 0 unspecified atom stereocenters. The van der Waals surface area contributed by atoms with Crippen molar-refractivity contribution in [2.45, 2.75) is 18.8 Å². The van der Waals surface area contributed by atoms with E-state index in [0.29, 0.717) is 5.56 Å². The number of aromatic carboxylic acids is 1. The van der Waals surface area contributed by atoms with Gasteiger partial charge < -0.3 is 5.11 Å². The largest absolute Gasteiger partial charge is 0.478 e. The maximum Gasteiger partial charge on any atom is 0.335 e. The number of hydrogen-bond acceptors (Lipinski definition) is 1. The van der Waals surface area contributed by atoms with Crippen LogP contribution in [0.1, 0.15) is 39.4 Å². The van der Waals surface area contributed by atoms with E-state index >= 15 is 0 Å². The van der Waals surface area contributed by atoms with Crippen molar-refractivity contribution < 1.29 is 9.90 Å². The zero-order chi connectivity index (χ0) is 12.5. The van der Waals surface area contributed by atoms with E-state index in [9.17, 15) is 9.90 Å². The van der Waals surface area contributed by atoms with Crippen LogP contribution >= 0.6 is 0 Å². The van der Waals surface area contributed by atoms with Crippen molar-refractivity contribution in [3.63, 3.8) is 0 Å². The molecule has 1 aliphatic rings. The molecule has 0 fully saturated rings. The van der Waals surface area contributed by atoms with Gasteiger partial charge in [0, 0.05) is 5.92 Å². The summed E-state index contributed by atoms with van der Waals surface area (Å²) in [6.45, 7) is 0. The Bertz CT molecular complexity index is 602. The van der Waals surface area contributed by atoms with Crippen molar-refractivity contribution in [2.24, 2.45) is 0 Å². The second-order valence-electron chi connectivity index (χ2n) is 4.68. The number of aryl methyl sites for hydroxylation is 1. The van der Waals surface area contributed by atoms with Crippen LogP contribution in [0.3, 0.4) is 0 Å². The van der Waals surface area contributed by atoms with Crippen molar-refractivity contribution in [1.29, 1.82) is 0 Å². The highest BCUT2D eigenvalue weighted by Crippen LogP contribution is 2.39. The van der Waals surface area contributed by atoms with Gasteiger partial charge in [-0.15, -0.1) is 0 Å². The fourth-order valence-electron chi connectivity index (χ4n) is 2.88. The first kappa shape index (κ1) is 11.0. The van der Waals surface area contributed by atoms with Gasteiger partial charge in [-0.05, 0) is 35.6 Å². The molecule has 0 amide bonds. The molecule has 1 N–H and O–H groups in total. The lowest BCUT2D eigenvalue weighted by Crippen LogP contribution is -2.06. The SMILES string of the molecule is O=C(O)c1ccccc1[C@H]1CCc2ccccc21. The first-order valence-electron chi connectivity index (χ1n) is 6.17. The van der Waals surface area contributed by atoms with Crippen LogP contribution in [0.15, 0.2) is 48.5 Å². The van der Waals surface area contributed by atoms with E-state index in [1.54, 1.807) is 12.1 Å². The van der Waals surface area contributed by atoms with Crippen LogP contribution < -0.4 is 0 Å². The number of fused-ring (bicyclic) bond motifs is 1. The summed E-state index contributed by atoms with van der Waals surface area (Å²) in [5.41, 5.74) is 4.00. The maximum absolute atomic E-state index is 11.3. The summed E-state index contributed by atoms with van der Waals surface area (Å²) < 4.78 is 0. The number of carboxylic acids is 1. The Balaban J connectivity index is 2.10. The Morgan fingerprint density at radius 2 is 1.67 bits per heavy atom. The number of benzene rings is 2. The van der Waals surface area contributed by atoms with Crippen LogP contribution in [0.5, 0.6) is 0 Å². The molecule has 2 heteroatoms. The van der Waals surface area contributed by atoms with Crippen molar-refractivity contribution in [1.82, 2.24) is 0 Å². The molecule has 0 aliphatic heterocycles. The van der Waals surface area contributed by atoms with Crippen LogP contribution in [-0.4, -0.2) is 11.1 Å². The smallest absolute Gasteiger partial charge is 0.335 e. The third-order valence-corrected chi connectivity index (χ3v) is 3.70. The van der Waals surface area contributed by atoms with Crippen molar-refractivity contribution in [3.8, 4) is 0 Å². The molecular weight excluding hydrogens is 224 g/mol. The molecule has 3 rings (SSSR count). The predicted molar refractivity (Wildman–Crippen MR) is 70.0 cm³/mol. The number of carbonyl (C=O) groups is 1. The van der Waals surface area contributed by atoms with Gasteiger partial charge in [0.25, 0.3) is 0 Å². The molecule has 0 saturated carbocycles. The average Bonchev–Trinajstić information content (AvgIpc) is 2.82. The average molecular weight is 238 g/mol. The number of hydrogen-bond donors (Lipinski definition) is 1. The van der Waals surface area contributed by atoms with Gasteiger partial charge in [-0.1, -0.05) is 42.5 Å². The number of rotatable bonds is 2. The molecule has 0 saturated heterocycles. The van der Waals surface area contributed by atoms with E-state index in [0.717, 1.165) is 18.4 Å². The Kier molecular flexibility index (Phi) is 2.63. The highest BCUT2D eigenvalue weighted by atomic mass is 16.4. The molecule has 1 atom stereocenters. The summed E-state index contributed by atoms with van der Waals surface area (Å²) in [5.74, 6) is -0.608. The quantitative estimate of drug-likeness (QED) is 0.869. The van der Waals surface area contributed by atoms with Gasteiger partial charge in [-0.2, -0.15) is 0 Å². The summed E-state index contributed by atoms with van der Waals surface area (Å²) in [5, 5.41) is 9.27. The van der Waals surface area contributed by atoms with Gasteiger partial charge in [0.2, 0.25) is 0 Å². The van der Waals surface area contributed by atoms with E-state index in [2.05, 4.69) is 12.1 Å². The molecule has 0 aromatic heterocycles. The third-order valence-electron chi connectivity index (χ3n) is 3.70. The van der Waals surface area contributed by atoms with Crippen LogP contribution in [0, 0.1) is 0 Å². The second kappa shape index (κ2) is 4.30. The fourth-order valence-corrected chi connectivity index (χ4v) is 2.88. The van der Waals surface area contributed by atoms with Gasteiger partial charge in [0.1, 0.15) is 0 Å². The monoisotopic (exact) mass is 238 g/mol. The van der Waals surface area contributed by atoms with E-state index in [1.165, 1.54) is 11.1 Å². The van der Waals surface area contributed by atoms with Gasteiger partial charge in [0.15, 0.2) is 0 Å². The zero-order valence-electron chi connectivity index (χ0n) is 9.97. The van der Waals surface area contributed by atoms with Gasteiger partial charge in [0.05, 0.1) is 5.56 Å². The lowest BCUT2D eigenvalue weighted by atomic mass is 9.89. The molecule has 0 spiro atoms. The highest BCUT2D eigenvalue weighted by Gasteiger charge is 2.26. The first-order chi connectivity index (χ1) is 8.77. The van der Waals surface area contributed by atoms with E-state index in [1.807, 2.05) is 24.3 Å². The third kappa shape index (κ3) is 1.70. The molecule has 0 radical (unpaired) electrons. The molecule has 90 valence electrons. The molecule has 2 aromatic rings. The molecule has 0 bridgehead atoms. The molecule has 2 nitrogen and oxygen atoms in total. The van der Waals surface area contributed by atoms with Gasteiger partial charge >= 0.3 is 5.97 Å². The van der Waals surface area contributed by atoms with Crippen LogP contribution in [0.4, 0.5) is 0 Å². The molecule has 1 aliphatic carbocycles. The number of carboxylic acid groups (broad SMARTS) is 1. The highest BCUT2D eigenvalue weighted by molar-refractivity contribution is 5.89. The summed E-state index contributed by atoms with van der Waals surface area (Å²) >= 11 is 0. The Hall–Kier alpha value is -2.09. The lowest BCUT2D eigenvalue weighted by Gasteiger charge is -2.14. The summed E-state index contributed by atoms with van der Waals surface area (Å²) in [4.78, 5) is 11.3. The van der Waals surface area contributed by atoms with Crippen LogP contribution in [0.25, 0.3) is 0 Å². The Morgan fingerprint density at radius 3 is 2.44 bits per heavy atom. The second-order valence-corrected chi connectivity index (χ2v) is 4.68. The normalized spacial score (nSPS) is 17.4. The standard InChI is InChI=1S/C16H14O2/c17-16(18)15-8-4-3-7-13(15)14-10-9-11-5-1-2-6-12(11)14/h1-8,14H,9-10H2,(H,17,18)/t14-/m0/s1. The van der Waals surface area contributed by atoms with Crippen LogP contribution in [0.2, 0.25) is 0 Å². The molecule has 2 aromatic carbocycles. The minimum atomic E-state index is -0.838. The van der Waals surface area contributed by atoms with E-state index < -0.39 is 5.97 Å². The maximum atomic E-state index is 11.3.